The third kappa shape index (κ3) is 7.60. The van der Waals surface area contributed by atoms with Crippen LogP contribution in [-0.2, 0) is 14.3 Å². The fourth-order valence-electron chi connectivity index (χ4n) is 4.58. The molecular formula is C32H41N3O5. The van der Waals surface area contributed by atoms with Crippen molar-refractivity contribution in [1.29, 1.82) is 0 Å². The zero-order chi connectivity index (χ0) is 29.8. The van der Waals surface area contributed by atoms with Crippen molar-refractivity contribution in [3.63, 3.8) is 0 Å². The first-order chi connectivity index (χ1) is 18.6. The lowest BCUT2D eigenvalue weighted by atomic mass is 9.92. The first kappa shape index (κ1) is 30.6. The smallest absolute Gasteiger partial charge is 0.408 e. The number of amides is 3. The van der Waals surface area contributed by atoms with Crippen LogP contribution >= 0.6 is 0 Å². The summed E-state index contributed by atoms with van der Waals surface area (Å²) >= 11 is 0. The molecule has 0 aliphatic carbocycles. The number of benzene rings is 3. The van der Waals surface area contributed by atoms with Crippen molar-refractivity contribution in [3.05, 3.63) is 77.4 Å². The van der Waals surface area contributed by atoms with Crippen molar-refractivity contribution >= 4 is 34.4 Å². The average molecular weight is 548 g/mol. The van der Waals surface area contributed by atoms with Crippen LogP contribution in [0.3, 0.4) is 0 Å². The van der Waals surface area contributed by atoms with Gasteiger partial charge in [0.2, 0.25) is 5.91 Å². The number of fused-ring (bicyclic) bond motifs is 1. The molecule has 0 aromatic heterocycles. The summed E-state index contributed by atoms with van der Waals surface area (Å²) in [4.78, 5) is 42.2. The Morgan fingerprint density at radius 1 is 0.900 bits per heavy atom. The van der Waals surface area contributed by atoms with Crippen molar-refractivity contribution in [2.24, 2.45) is 0 Å². The first-order valence-corrected chi connectivity index (χ1v) is 13.4. The number of aliphatic hydroxyl groups is 1. The van der Waals surface area contributed by atoms with Gasteiger partial charge >= 0.3 is 6.09 Å². The molecule has 0 aliphatic heterocycles. The Kier molecular flexibility index (Phi) is 9.25. The number of nitrogens with zero attached hydrogens (tertiary/aromatic N) is 1. The average Bonchev–Trinajstić information content (AvgIpc) is 2.85. The van der Waals surface area contributed by atoms with Gasteiger partial charge in [0.1, 0.15) is 17.7 Å². The highest BCUT2D eigenvalue weighted by molar-refractivity contribution is 6.00. The molecule has 0 saturated carbocycles. The highest BCUT2D eigenvalue weighted by Gasteiger charge is 2.42. The molecule has 0 radical (unpaired) electrons. The summed E-state index contributed by atoms with van der Waals surface area (Å²) in [5.74, 6) is -1.03. The van der Waals surface area contributed by atoms with Gasteiger partial charge in [0, 0.05) is 11.2 Å². The minimum Gasteiger partial charge on any atom is -0.444 e. The fourth-order valence-corrected chi connectivity index (χ4v) is 4.58. The maximum Gasteiger partial charge on any atom is 0.408 e. The second kappa shape index (κ2) is 12.1. The summed E-state index contributed by atoms with van der Waals surface area (Å²) in [5, 5.41) is 17.7. The molecule has 3 aromatic carbocycles. The molecule has 3 aromatic rings. The van der Waals surface area contributed by atoms with E-state index in [1.807, 2.05) is 95.3 Å². The van der Waals surface area contributed by atoms with Crippen LogP contribution in [0.25, 0.3) is 10.8 Å². The monoisotopic (exact) mass is 547 g/mol. The Morgan fingerprint density at radius 3 is 2.15 bits per heavy atom. The molecule has 2 atom stereocenters. The summed E-state index contributed by atoms with van der Waals surface area (Å²) in [6.07, 6.45) is -0.835. The van der Waals surface area contributed by atoms with Gasteiger partial charge in [0.25, 0.3) is 5.91 Å². The molecule has 0 bridgehead atoms. The Bertz CT molecular complexity index is 1390. The Hall–Kier alpha value is -3.91. The standard InChI is InChI=1S/C32H41N3O5/c1-20-13-14-21(2)25(17-20)27(28(37)33-24-16-15-22-11-9-10-12-23(22)18-24)35(31(3,4)5)29(38)26(19-36)34-30(39)40-32(6,7)8/h9-18,26-27,36H,19H2,1-8H3,(H,33,37)(H,34,39). The SMILES string of the molecule is Cc1ccc(C)c(C(C(=O)Nc2ccc3ccccc3c2)N(C(=O)C(CO)NC(=O)OC(C)(C)C)C(C)(C)C)c1. The third-order valence-corrected chi connectivity index (χ3v) is 6.38. The van der Waals surface area contributed by atoms with Crippen LogP contribution in [0.1, 0.15) is 64.3 Å². The van der Waals surface area contributed by atoms with Crippen molar-refractivity contribution < 1.29 is 24.2 Å². The first-order valence-electron chi connectivity index (χ1n) is 13.4. The van der Waals surface area contributed by atoms with E-state index in [2.05, 4.69) is 10.6 Å². The van der Waals surface area contributed by atoms with E-state index in [9.17, 15) is 19.5 Å². The summed E-state index contributed by atoms with van der Waals surface area (Å²) in [7, 11) is 0. The number of hydrogen-bond donors (Lipinski definition) is 3. The number of carbonyl (C=O) groups is 3. The van der Waals surface area contributed by atoms with E-state index in [0.29, 0.717) is 11.3 Å². The molecule has 2 unspecified atom stereocenters. The Morgan fingerprint density at radius 2 is 1.55 bits per heavy atom. The highest BCUT2D eigenvalue weighted by atomic mass is 16.6. The van der Waals surface area contributed by atoms with E-state index < -0.39 is 47.7 Å². The van der Waals surface area contributed by atoms with Gasteiger partial charge in [-0.05, 0) is 89.4 Å². The van der Waals surface area contributed by atoms with E-state index in [-0.39, 0.29) is 0 Å². The number of aliphatic hydroxyl groups excluding tert-OH is 1. The third-order valence-electron chi connectivity index (χ3n) is 6.38. The molecule has 214 valence electrons. The highest BCUT2D eigenvalue weighted by Crippen LogP contribution is 2.33. The minimum atomic E-state index is -1.32. The lowest BCUT2D eigenvalue weighted by molar-refractivity contribution is -0.147. The maximum absolute atomic E-state index is 14.1. The zero-order valence-corrected chi connectivity index (χ0v) is 24.7. The van der Waals surface area contributed by atoms with Gasteiger partial charge in [-0.3, -0.25) is 9.59 Å². The quantitative estimate of drug-likeness (QED) is 0.354. The van der Waals surface area contributed by atoms with Gasteiger partial charge in [0.05, 0.1) is 6.61 Å². The van der Waals surface area contributed by atoms with Gasteiger partial charge < -0.3 is 25.4 Å². The molecule has 0 fully saturated rings. The predicted molar refractivity (Wildman–Crippen MR) is 158 cm³/mol. The molecule has 3 amide bonds. The fraction of sp³-hybridized carbons (Fsp3) is 0.406. The van der Waals surface area contributed by atoms with Crippen LogP contribution in [0.2, 0.25) is 0 Å². The number of carbonyl (C=O) groups excluding carboxylic acids is 3. The van der Waals surface area contributed by atoms with Crippen LogP contribution in [0.5, 0.6) is 0 Å². The molecule has 0 saturated heterocycles. The molecule has 0 heterocycles. The summed E-state index contributed by atoms with van der Waals surface area (Å²) in [6, 6.07) is 16.8. The van der Waals surface area contributed by atoms with Crippen LogP contribution in [0.4, 0.5) is 10.5 Å². The molecule has 8 nitrogen and oxygen atoms in total. The largest absolute Gasteiger partial charge is 0.444 e. The minimum absolute atomic E-state index is 0.416. The molecule has 0 aliphatic rings. The number of nitrogens with one attached hydrogen (secondary N) is 2. The van der Waals surface area contributed by atoms with Crippen LogP contribution < -0.4 is 10.6 Å². The van der Waals surface area contributed by atoms with E-state index in [1.54, 1.807) is 20.8 Å². The van der Waals surface area contributed by atoms with Gasteiger partial charge in [-0.25, -0.2) is 4.79 Å². The van der Waals surface area contributed by atoms with Crippen molar-refractivity contribution in [1.82, 2.24) is 10.2 Å². The number of alkyl carbamates (subject to hydrolysis) is 1. The van der Waals surface area contributed by atoms with Gasteiger partial charge in [0.15, 0.2) is 0 Å². The van der Waals surface area contributed by atoms with E-state index in [1.165, 1.54) is 4.90 Å². The molecule has 40 heavy (non-hydrogen) atoms. The Balaban J connectivity index is 2.07. The number of rotatable bonds is 7. The second-order valence-corrected chi connectivity index (χ2v) is 12.1. The number of hydrogen-bond acceptors (Lipinski definition) is 5. The van der Waals surface area contributed by atoms with Crippen molar-refractivity contribution in [3.8, 4) is 0 Å². The topological polar surface area (TPSA) is 108 Å². The lowest BCUT2D eigenvalue weighted by Crippen LogP contribution is -2.59. The Labute approximate surface area is 236 Å². The molecule has 0 spiro atoms. The predicted octanol–water partition coefficient (Wildman–Crippen LogP) is 5.65. The maximum atomic E-state index is 14.1. The molecular weight excluding hydrogens is 506 g/mol. The number of aryl methyl sites for hydroxylation is 2. The van der Waals surface area contributed by atoms with Crippen LogP contribution in [0, 0.1) is 13.8 Å². The molecule has 8 heteroatoms. The lowest BCUT2D eigenvalue weighted by Gasteiger charge is -2.43. The molecule has 3 rings (SSSR count). The second-order valence-electron chi connectivity index (χ2n) is 12.1. The van der Waals surface area contributed by atoms with E-state index >= 15 is 0 Å². The van der Waals surface area contributed by atoms with Gasteiger partial charge in [-0.15, -0.1) is 0 Å². The van der Waals surface area contributed by atoms with Gasteiger partial charge in [-0.1, -0.05) is 54.1 Å². The van der Waals surface area contributed by atoms with E-state index in [4.69, 9.17) is 4.74 Å². The number of anilines is 1. The molecule has 3 N–H and O–H groups in total. The summed E-state index contributed by atoms with van der Waals surface area (Å²) in [6.45, 7) is 13.7. The van der Waals surface area contributed by atoms with Gasteiger partial charge in [-0.2, -0.15) is 0 Å². The van der Waals surface area contributed by atoms with Crippen molar-refractivity contribution in [2.45, 2.75) is 78.6 Å². The van der Waals surface area contributed by atoms with Crippen molar-refractivity contribution in [2.75, 3.05) is 11.9 Å². The zero-order valence-electron chi connectivity index (χ0n) is 24.7. The summed E-state index contributed by atoms with van der Waals surface area (Å²) < 4.78 is 5.32. The summed E-state index contributed by atoms with van der Waals surface area (Å²) in [5.41, 5.74) is 1.32. The number of ether oxygens (including phenoxy) is 1. The van der Waals surface area contributed by atoms with Crippen LogP contribution in [-0.4, -0.2) is 51.7 Å². The van der Waals surface area contributed by atoms with E-state index in [0.717, 1.165) is 21.9 Å². The normalized spacial score (nSPS) is 13.3. The van der Waals surface area contributed by atoms with Crippen LogP contribution in [0.15, 0.2) is 60.7 Å².